The van der Waals surface area contributed by atoms with Crippen LogP contribution in [0.15, 0.2) is 59.8 Å². The minimum atomic E-state index is -0.144. The van der Waals surface area contributed by atoms with Gasteiger partial charge in [0.15, 0.2) is 0 Å². The minimum Gasteiger partial charge on any atom is -0.350 e. The summed E-state index contributed by atoms with van der Waals surface area (Å²) < 4.78 is 1.61. The number of nitrogens with one attached hydrogen (secondary N) is 2. The summed E-state index contributed by atoms with van der Waals surface area (Å²) in [6, 6.07) is 13.5. The van der Waals surface area contributed by atoms with Crippen LogP contribution in [0.5, 0.6) is 0 Å². The van der Waals surface area contributed by atoms with Crippen molar-refractivity contribution in [2.75, 3.05) is 11.1 Å². The Morgan fingerprint density at radius 1 is 1.07 bits per heavy atom. The van der Waals surface area contributed by atoms with E-state index < -0.39 is 0 Å². The summed E-state index contributed by atoms with van der Waals surface area (Å²) in [4.78, 5) is 30.0. The Labute approximate surface area is 183 Å². The lowest BCUT2D eigenvalue weighted by molar-refractivity contribution is -0.122. The number of pyridine rings is 1. The Balaban J connectivity index is 1.39. The van der Waals surface area contributed by atoms with Gasteiger partial charge < -0.3 is 10.6 Å². The molecule has 3 aromatic rings. The summed E-state index contributed by atoms with van der Waals surface area (Å²) in [5, 5.41) is 10.4. The average molecular weight is 440 g/mol. The molecule has 2 N–H and O–H groups in total. The van der Waals surface area contributed by atoms with Crippen molar-refractivity contribution in [1.29, 1.82) is 0 Å². The average Bonchev–Trinajstić information content (AvgIpc) is 3.35. The molecule has 0 atom stereocenters. The van der Waals surface area contributed by atoms with E-state index in [4.69, 9.17) is 0 Å². The van der Waals surface area contributed by atoms with Gasteiger partial charge in [-0.3, -0.25) is 14.6 Å². The van der Waals surface area contributed by atoms with E-state index in [9.17, 15) is 9.59 Å². The van der Waals surface area contributed by atoms with Crippen molar-refractivity contribution >= 4 is 41.2 Å². The molecule has 0 saturated carbocycles. The number of amides is 2. The first-order valence-electron chi connectivity index (χ1n) is 9.48. The molecule has 1 aliphatic heterocycles. The molecule has 0 fully saturated rings. The van der Waals surface area contributed by atoms with Gasteiger partial charge in [-0.15, -0.1) is 11.8 Å². The maximum Gasteiger partial charge on any atom is 0.242 e. The fourth-order valence-electron chi connectivity index (χ4n) is 3.06. The number of aromatic nitrogens is 3. The Kier molecular flexibility index (Phi) is 6.70. The van der Waals surface area contributed by atoms with Gasteiger partial charge in [-0.25, -0.2) is 4.68 Å². The van der Waals surface area contributed by atoms with Crippen molar-refractivity contribution < 1.29 is 9.59 Å². The molecule has 154 valence electrons. The predicted molar refractivity (Wildman–Crippen MR) is 119 cm³/mol. The molecule has 0 spiro atoms. The van der Waals surface area contributed by atoms with Crippen molar-refractivity contribution in [3.8, 4) is 0 Å². The Bertz CT molecular complexity index is 1020. The molecule has 2 aromatic heterocycles. The second kappa shape index (κ2) is 9.82. The maximum absolute atomic E-state index is 12.5. The largest absolute Gasteiger partial charge is 0.350 e. The summed E-state index contributed by atoms with van der Waals surface area (Å²) in [5.74, 6) is 2.22. The van der Waals surface area contributed by atoms with Crippen LogP contribution in [0.4, 0.5) is 5.82 Å². The summed E-state index contributed by atoms with van der Waals surface area (Å²) in [5.41, 5.74) is 2.98. The third kappa shape index (κ3) is 5.22. The van der Waals surface area contributed by atoms with Crippen LogP contribution < -0.4 is 10.6 Å². The third-order valence-corrected chi connectivity index (χ3v) is 6.50. The smallest absolute Gasteiger partial charge is 0.242 e. The van der Waals surface area contributed by atoms with Gasteiger partial charge in [-0.1, -0.05) is 30.3 Å². The van der Waals surface area contributed by atoms with Gasteiger partial charge in [-0.2, -0.15) is 16.9 Å². The number of hydrogen-bond acceptors (Lipinski definition) is 6. The second-order valence-corrected chi connectivity index (χ2v) is 8.74. The lowest BCUT2D eigenvalue weighted by atomic mass is 10.2. The predicted octanol–water partition coefficient (Wildman–Crippen LogP) is 3.07. The quantitative estimate of drug-likeness (QED) is 0.525. The summed E-state index contributed by atoms with van der Waals surface area (Å²) in [6.45, 7) is 0.526. The molecule has 30 heavy (non-hydrogen) atoms. The molecule has 0 saturated heterocycles. The topological polar surface area (TPSA) is 88.9 Å². The van der Waals surface area contributed by atoms with Gasteiger partial charge in [0.1, 0.15) is 12.4 Å². The Morgan fingerprint density at radius 2 is 1.87 bits per heavy atom. The lowest BCUT2D eigenvalue weighted by Crippen LogP contribution is -2.29. The number of fused-ring (bicyclic) bond motifs is 1. The van der Waals surface area contributed by atoms with E-state index in [0.717, 1.165) is 33.2 Å². The minimum absolute atomic E-state index is 0.0671. The Morgan fingerprint density at radius 3 is 2.67 bits per heavy atom. The molecule has 1 aliphatic rings. The molecule has 0 radical (unpaired) electrons. The van der Waals surface area contributed by atoms with E-state index in [2.05, 4.69) is 20.7 Å². The number of hydrogen-bond donors (Lipinski definition) is 2. The van der Waals surface area contributed by atoms with Crippen LogP contribution in [0, 0.1) is 0 Å². The fraction of sp³-hybridized carbons (Fsp3) is 0.238. The van der Waals surface area contributed by atoms with E-state index in [1.807, 2.05) is 42.5 Å². The van der Waals surface area contributed by atoms with Crippen LogP contribution in [-0.2, 0) is 34.2 Å². The van der Waals surface area contributed by atoms with Crippen LogP contribution >= 0.6 is 23.5 Å². The van der Waals surface area contributed by atoms with Gasteiger partial charge in [-0.05, 0) is 17.7 Å². The SMILES string of the molecule is O=C(Cn1nc2c(c1NC(=O)CSc1ccncc1)CSC2)NCc1ccccc1. The zero-order chi connectivity index (χ0) is 20.8. The molecule has 4 rings (SSSR count). The van der Waals surface area contributed by atoms with Crippen molar-refractivity contribution in [3.63, 3.8) is 0 Å². The zero-order valence-electron chi connectivity index (χ0n) is 16.2. The van der Waals surface area contributed by atoms with E-state index >= 15 is 0 Å². The number of anilines is 1. The second-order valence-electron chi connectivity index (χ2n) is 6.71. The number of carbonyl (C=O) groups is 2. The Hall–Kier alpha value is -2.78. The molecule has 7 nitrogen and oxygen atoms in total. The number of benzene rings is 1. The molecule has 3 heterocycles. The number of thioether (sulfide) groups is 2. The molecular formula is C21H21N5O2S2. The number of carbonyl (C=O) groups excluding carboxylic acids is 2. The molecule has 0 aliphatic carbocycles. The highest BCUT2D eigenvalue weighted by molar-refractivity contribution is 8.00. The number of rotatable bonds is 8. The highest BCUT2D eigenvalue weighted by Crippen LogP contribution is 2.34. The molecule has 9 heteroatoms. The monoisotopic (exact) mass is 439 g/mol. The highest BCUT2D eigenvalue weighted by atomic mass is 32.2. The molecule has 0 unspecified atom stereocenters. The van der Waals surface area contributed by atoms with Gasteiger partial charge in [0.2, 0.25) is 11.8 Å². The number of nitrogens with zero attached hydrogens (tertiary/aromatic N) is 3. The first-order chi connectivity index (χ1) is 14.7. The van der Waals surface area contributed by atoms with Crippen LogP contribution in [-0.4, -0.2) is 32.3 Å². The molecular weight excluding hydrogens is 418 g/mol. The van der Waals surface area contributed by atoms with Gasteiger partial charge in [0, 0.05) is 40.9 Å². The van der Waals surface area contributed by atoms with Crippen molar-refractivity contribution in [1.82, 2.24) is 20.1 Å². The highest BCUT2D eigenvalue weighted by Gasteiger charge is 2.24. The molecule has 0 bridgehead atoms. The van der Waals surface area contributed by atoms with Gasteiger partial charge >= 0.3 is 0 Å². The van der Waals surface area contributed by atoms with Crippen LogP contribution in [0.1, 0.15) is 16.8 Å². The third-order valence-electron chi connectivity index (χ3n) is 4.52. The molecule has 2 amide bonds. The first kappa shape index (κ1) is 20.5. The standard InChI is InChI=1S/C21H21N5O2S2/c27-19(23-10-15-4-2-1-3-5-15)11-26-21(17-12-29-13-18(17)25-26)24-20(28)14-30-16-6-8-22-9-7-16/h1-9H,10-14H2,(H,23,27)(H,24,28). The fourth-order valence-corrected chi connectivity index (χ4v) is 4.78. The van der Waals surface area contributed by atoms with E-state index in [1.54, 1.807) is 28.8 Å². The van der Waals surface area contributed by atoms with Gasteiger partial charge in [0.25, 0.3) is 0 Å². The summed E-state index contributed by atoms with van der Waals surface area (Å²) >= 11 is 3.20. The maximum atomic E-state index is 12.5. The van der Waals surface area contributed by atoms with Crippen LogP contribution in [0.2, 0.25) is 0 Å². The summed E-state index contributed by atoms with van der Waals surface area (Å²) in [6.07, 6.45) is 3.40. The van der Waals surface area contributed by atoms with E-state index in [-0.39, 0.29) is 24.1 Å². The lowest BCUT2D eigenvalue weighted by Gasteiger charge is -2.11. The van der Waals surface area contributed by atoms with Gasteiger partial charge in [0.05, 0.1) is 11.4 Å². The van der Waals surface area contributed by atoms with Crippen LogP contribution in [0.25, 0.3) is 0 Å². The molecule has 1 aromatic carbocycles. The van der Waals surface area contributed by atoms with Crippen molar-refractivity contribution in [2.45, 2.75) is 29.5 Å². The van der Waals surface area contributed by atoms with Crippen molar-refractivity contribution in [3.05, 3.63) is 71.7 Å². The van der Waals surface area contributed by atoms with E-state index in [0.29, 0.717) is 12.4 Å². The first-order valence-corrected chi connectivity index (χ1v) is 11.6. The van der Waals surface area contributed by atoms with Crippen LogP contribution in [0.3, 0.4) is 0 Å². The summed E-state index contributed by atoms with van der Waals surface area (Å²) in [7, 11) is 0. The van der Waals surface area contributed by atoms with E-state index in [1.165, 1.54) is 11.8 Å². The van der Waals surface area contributed by atoms with Crippen molar-refractivity contribution in [2.24, 2.45) is 0 Å². The zero-order valence-corrected chi connectivity index (χ0v) is 17.8. The normalized spacial score (nSPS) is 12.4.